The van der Waals surface area contributed by atoms with Crippen LogP contribution < -0.4 is 0 Å². The lowest BCUT2D eigenvalue weighted by molar-refractivity contribution is -0.138. The van der Waals surface area contributed by atoms with Crippen LogP contribution in [-0.4, -0.2) is 16.9 Å². The molecule has 14 heavy (non-hydrogen) atoms. The Bertz CT molecular complexity index is 391. The number of carbonyl (C=O) groups excluding carboxylic acids is 1. The third kappa shape index (κ3) is 1.43. The van der Waals surface area contributed by atoms with E-state index >= 15 is 0 Å². The van der Waals surface area contributed by atoms with Gasteiger partial charge in [0.2, 0.25) is 5.78 Å². The van der Waals surface area contributed by atoms with E-state index in [-0.39, 0.29) is 17.5 Å². The number of carbonyl (C=O) groups is 2. The Morgan fingerprint density at radius 3 is 2.57 bits per heavy atom. The molecular formula is C10H10O4. The van der Waals surface area contributed by atoms with Gasteiger partial charge in [0.05, 0.1) is 5.92 Å². The number of hydrogen-bond donors (Lipinski definition) is 1. The van der Waals surface area contributed by atoms with E-state index in [4.69, 9.17) is 9.52 Å². The zero-order valence-electron chi connectivity index (χ0n) is 7.69. The van der Waals surface area contributed by atoms with Crippen LogP contribution in [0.3, 0.4) is 0 Å². The van der Waals surface area contributed by atoms with Crippen LogP contribution in [0.15, 0.2) is 16.5 Å². The fourth-order valence-electron chi connectivity index (χ4n) is 1.51. The zero-order chi connectivity index (χ0) is 10.3. The second-order valence-corrected chi connectivity index (χ2v) is 3.56. The molecule has 74 valence electrons. The van der Waals surface area contributed by atoms with Crippen molar-refractivity contribution in [3.63, 3.8) is 0 Å². The molecular weight excluding hydrogens is 184 g/mol. The fraction of sp³-hybridized carbons (Fsp3) is 0.400. The quantitative estimate of drug-likeness (QED) is 0.740. The molecule has 4 heteroatoms. The van der Waals surface area contributed by atoms with Gasteiger partial charge in [-0.3, -0.25) is 9.59 Å². The van der Waals surface area contributed by atoms with Crippen LogP contribution in [0.25, 0.3) is 0 Å². The van der Waals surface area contributed by atoms with Crippen LogP contribution in [0.4, 0.5) is 0 Å². The Labute approximate surface area is 80.5 Å². The van der Waals surface area contributed by atoms with Crippen molar-refractivity contribution in [2.45, 2.75) is 13.3 Å². The lowest BCUT2D eigenvalue weighted by atomic mass is 10.2. The molecule has 0 bridgehead atoms. The summed E-state index contributed by atoms with van der Waals surface area (Å²) >= 11 is 0. The highest BCUT2D eigenvalue weighted by atomic mass is 16.4. The summed E-state index contributed by atoms with van der Waals surface area (Å²) in [6.45, 7) is 1.75. The first-order chi connectivity index (χ1) is 6.59. The van der Waals surface area contributed by atoms with Crippen molar-refractivity contribution in [1.82, 2.24) is 0 Å². The zero-order valence-corrected chi connectivity index (χ0v) is 7.69. The molecule has 0 aromatic carbocycles. The highest BCUT2D eigenvalue weighted by Gasteiger charge is 2.49. The molecule has 2 atom stereocenters. The normalized spacial score (nSPS) is 24.6. The summed E-state index contributed by atoms with van der Waals surface area (Å²) in [5.74, 6) is -1.03. The summed E-state index contributed by atoms with van der Waals surface area (Å²) in [6.07, 6.45) is 0.438. The lowest BCUT2D eigenvalue weighted by Crippen LogP contribution is -2.07. The van der Waals surface area contributed by atoms with Gasteiger partial charge in [-0.25, -0.2) is 0 Å². The molecule has 0 radical (unpaired) electrons. The van der Waals surface area contributed by atoms with Gasteiger partial charge in [-0.05, 0) is 25.5 Å². The fourth-order valence-corrected chi connectivity index (χ4v) is 1.51. The van der Waals surface area contributed by atoms with E-state index in [9.17, 15) is 9.59 Å². The summed E-state index contributed by atoms with van der Waals surface area (Å²) < 4.78 is 5.13. The lowest BCUT2D eigenvalue weighted by Gasteiger charge is -1.92. The van der Waals surface area contributed by atoms with Crippen molar-refractivity contribution < 1.29 is 19.1 Å². The summed E-state index contributed by atoms with van der Waals surface area (Å²) in [5.41, 5.74) is 0. The third-order valence-electron chi connectivity index (χ3n) is 2.43. The molecule has 0 saturated heterocycles. The van der Waals surface area contributed by atoms with Crippen LogP contribution >= 0.6 is 0 Å². The van der Waals surface area contributed by atoms with E-state index in [1.807, 2.05) is 0 Å². The van der Waals surface area contributed by atoms with Crippen LogP contribution in [0.1, 0.15) is 22.7 Å². The van der Waals surface area contributed by atoms with Crippen molar-refractivity contribution in [2.24, 2.45) is 11.8 Å². The molecule has 1 N–H and O–H groups in total. The standard InChI is InChI=1S/C10H10O4/c1-5-2-3-8(14-5)9(11)6-4-7(6)10(12)13/h2-3,6-7H,4H2,1H3,(H,12,13). The summed E-state index contributed by atoms with van der Waals surface area (Å²) in [6, 6.07) is 3.29. The van der Waals surface area contributed by atoms with Crippen molar-refractivity contribution in [1.29, 1.82) is 0 Å². The maximum Gasteiger partial charge on any atom is 0.307 e. The molecule has 0 aliphatic heterocycles. The molecule has 1 saturated carbocycles. The Balaban J connectivity index is 2.08. The average Bonchev–Trinajstić information content (AvgIpc) is 2.82. The topological polar surface area (TPSA) is 67.5 Å². The van der Waals surface area contributed by atoms with Crippen LogP contribution in [0.5, 0.6) is 0 Å². The van der Waals surface area contributed by atoms with Gasteiger partial charge in [-0.15, -0.1) is 0 Å². The second-order valence-electron chi connectivity index (χ2n) is 3.56. The van der Waals surface area contributed by atoms with Crippen LogP contribution in [0, 0.1) is 18.8 Å². The maximum atomic E-state index is 11.6. The van der Waals surface area contributed by atoms with Gasteiger partial charge in [0.25, 0.3) is 0 Å². The molecule has 1 heterocycles. The molecule has 1 aromatic heterocycles. The number of aliphatic carboxylic acids is 1. The van der Waals surface area contributed by atoms with E-state index in [2.05, 4.69) is 0 Å². The minimum absolute atomic E-state index is 0.189. The van der Waals surface area contributed by atoms with Crippen molar-refractivity contribution >= 4 is 11.8 Å². The minimum Gasteiger partial charge on any atom is -0.481 e. The number of carboxylic acid groups (broad SMARTS) is 1. The number of rotatable bonds is 3. The highest BCUT2D eigenvalue weighted by Crippen LogP contribution is 2.41. The largest absolute Gasteiger partial charge is 0.481 e. The molecule has 4 nitrogen and oxygen atoms in total. The number of hydrogen-bond acceptors (Lipinski definition) is 3. The predicted octanol–water partition coefficient (Wildman–Crippen LogP) is 1.49. The molecule has 1 aliphatic rings. The van der Waals surface area contributed by atoms with Crippen molar-refractivity contribution in [3.05, 3.63) is 23.7 Å². The summed E-state index contributed by atoms with van der Waals surface area (Å²) in [5, 5.41) is 8.64. The van der Waals surface area contributed by atoms with E-state index < -0.39 is 11.9 Å². The van der Waals surface area contributed by atoms with Crippen molar-refractivity contribution in [3.8, 4) is 0 Å². The number of ketones is 1. The van der Waals surface area contributed by atoms with Gasteiger partial charge in [0.1, 0.15) is 5.76 Å². The molecule has 1 aliphatic carbocycles. The molecule has 0 amide bonds. The monoisotopic (exact) mass is 194 g/mol. The van der Waals surface area contributed by atoms with Crippen molar-refractivity contribution in [2.75, 3.05) is 0 Å². The molecule has 0 spiro atoms. The van der Waals surface area contributed by atoms with Gasteiger partial charge < -0.3 is 9.52 Å². The van der Waals surface area contributed by atoms with Gasteiger partial charge in [-0.1, -0.05) is 0 Å². The van der Waals surface area contributed by atoms with Gasteiger partial charge in [0.15, 0.2) is 5.76 Å². The highest BCUT2D eigenvalue weighted by molar-refractivity contribution is 6.00. The van der Waals surface area contributed by atoms with E-state index in [0.717, 1.165) is 0 Å². The Kier molecular flexibility index (Phi) is 1.91. The van der Waals surface area contributed by atoms with E-state index in [1.54, 1.807) is 19.1 Å². The van der Waals surface area contributed by atoms with E-state index in [1.165, 1.54) is 0 Å². The third-order valence-corrected chi connectivity index (χ3v) is 2.43. The first-order valence-corrected chi connectivity index (χ1v) is 4.43. The van der Waals surface area contributed by atoms with E-state index in [0.29, 0.717) is 12.2 Å². The van der Waals surface area contributed by atoms with Crippen LogP contribution in [-0.2, 0) is 4.79 Å². The first kappa shape index (κ1) is 8.99. The number of furan rings is 1. The van der Waals surface area contributed by atoms with Gasteiger partial charge in [-0.2, -0.15) is 0 Å². The second kappa shape index (κ2) is 2.97. The Morgan fingerprint density at radius 2 is 2.14 bits per heavy atom. The molecule has 1 aromatic rings. The Hall–Kier alpha value is -1.58. The number of Topliss-reactive ketones (excluding diaryl/α,β-unsaturated/α-hetero) is 1. The predicted molar refractivity (Wildman–Crippen MR) is 47.0 cm³/mol. The summed E-state index contributed by atoms with van der Waals surface area (Å²) in [7, 11) is 0. The smallest absolute Gasteiger partial charge is 0.307 e. The van der Waals surface area contributed by atoms with Gasteiger partial charge >= 0.3 is 5.97 Å². The molecule has 1 fully saturated rings. The molecule has 2 unspecified atom stereocenters. The van der Waals surface area contributed by atoms with Crippen LogP contribution in [0.2, 0.25) is 0 Å². The SMILES string of the molecule is Cc1ccc(C(=O)C2CC2C(=O)O)o1. The maximum absolute atomic E-state index is 11.6. The minimum atomic E-state index is -0.897. The number of carboxylic acids is 1. The molecule has 2 rings (SSSR count). The summed E-state index contributed by atoms with van der Waals surface area (Å²) in [4.78, 5) is 22.1. The average molecular weight is 194 g/mol. The first-order valence-electron chi connectivity index (χ1n) is 4.43. The Morgan fingerprint density at radius 1 is 1.43 bits per heavy atom. The number of aryl methyl sites for hydroxylation is 1. The van der Waals surface area contributed by atoms with Gasteiger partial charge in [0, 0.05) is 5.92 Å².